The number of imidazole rings is 1. The Morgan fingerprint density at radius 2 is 2.62 bits per heavy atom. The van der Waals surface area contributed by atoms with Crippen molar-refractivity contribution in [1.82, 2.24) is 9.97 Å². The van der Waals surface area contributed by atoms with Crippen LogP contribution in [0.1, 0.15) is 25.2 Å². The molecule has 0 aliphatic carbocycles. The molecule has 0 saturated heterocycles. The van der Waals surface area contributed by atoms with Gasteiger partial charge < -0.3 is 10.7 Å². The quantitative estimate of drug-likeness (QED) is 0.690. The summed E-state index contributed by atoms with van der Waals surface area (Å²) in [7, 11) is 0. The van der Waals surface area contributed by atoms with Crippen molar-refractivity contribution in [2.45, 2.75) is 19.4 Å². The van der Waals surface area contributed by atoms with Crippen molar-refractivity contribution >= 4 is 0 Å². The van der Waals surface area contributed by atoms with Crippen LogP contribution in [-0.2, 0) is 0 Å². The van der Waals surface area contributed by atoms with Gasteiger partial charge in [0.1, 0.15) is 5.82 Å². The summed E-state index contributed by atoms with van der Waals surface area (Å²) >= 11 is 0. The minimum Gasteiger partial charge on any atom is -0.347 e. The summed E-state index contributed by atoms with van der Waals surface area (Å²) in [5, 5.41) is 0. The maximum Gasteiger partial charge on any atom is 0.123 e. The Kier molecular flexibility index (Phi) is 3.46. The average Bonchev–Trinajstić information content (AvgIpc) is 2.66. The van der Waals surface area contributed by atoms with Gasteiger partial charge in [-0.05, 0) is 13.3 Å². The van der Waals surface area contributed by atoms with Crippen LogP contribution in [-0.4, -0.2) is 9.97 Å². The van der Waals surface area contributed by atoms with Crippen LogP contribution in [0, 0.1) is 0 Å². The van der Waals surface area contributed by atoms with Crippen LogP contribution >= 0.6 is 0 Å². The molecule has 13 heavy (non-hydrogen) atoms. The maximum atomic E-state index is 5.91. The van der Waals surface area contributed by atoms with E-state index in [1.807, 2.05) is 19.1 Å². The second-order valence-electron chi connectivity index (χ2n) is 2.85. The van der Waals surface area contributed by atoms with Crippen molar-refractivity contribution in [3.8, 4) is 0 Å². The van der Waals surface area contributed by atoms with Crippen molar-refractivity contribution in [3.63, 3.8) is 0 Å². The van der Waals surface area contributed by atoms with Gasteiger partial charge in [-0.25, -0.2) is 4.98 Å². The smallest absolute Gasteiger partial charge is 0.123 e. The number of hydrogen-bond acceptors (Lipinski definition) is 2. The molecule has 0 radical (unpaired) electrons. The highest BCUT2D eigenvalue weighted by atomic mass is 14.9. The van der Waals surface area contributed by atoms with Crippen molar-refractivity contribution in [2.24, 2.45) is 5.73 Å². The van der Waals surface area contributed by atoms with Crippen LogP contribution in [0.25, 0.3) is 0 Å². The fourth-order valence-corrected chi connectivity index (χ4v) is 1.15. The lowest BCUT2D eigenvalue weighted by Crippen LogP contribution is -2.12. The molecule has 0 bridgehead atoms. The van der Waals surface area contributed by atoms with Crippen LogP contribution in [0.3, 0.4) is 0 Å². The lowest BCUT2D eigenvalue weighted by molar-refractivity contribution is 0.679. The fourth-order valence-electron chi connectivity index (χ4n) is 1.15. The van der Waals surface area contributed by atoms with Crippen molar-refractivity contribution < 1.29 is 0 Å². The molecule has 3 nitrogen and oxygen atoms in total. The van der Waals surface area contributed by atoms with E-state index in [0.717, 1.165) is 17.8 Å². The molecule has 0 aliphatic rings. The SMILES string of the molecule is C=CC(=CC)CC(N)c1ncc[nH]1. The van der Waals surface area contributed by atoms with Gasteiger partial charge in [0.25, 0.3) is 0 Å². The summed E-state index contributed by atoms with van der Waals surface area (Å²) in [4.78, 5) is 7.09. The Labute approximate surface area is 78.4 Å². The molecule has 0 aliphatic heterocycles. The molecule has 1 rings (SSSR count). The summed E-state index contributed by atoms with van der Waals surface area (Å²) < 4.78 is 0. The lowest BCUT2D eigenvalue weighted by Gasteiger charge is -2.08. The van der Waals surface area contributed by atoms with Gasteiger partial charge in [-0.3, -0.25) is 0 Å². The first kappa shape index (κ1) is 9.74. The van der Waals surface area contributed by atoms with Crippen LogP contribution < -0.4 is 5.73 Å². The van der Waals surface area contributed by atoms with E-state index in [1.54, 1.807) is 12.4 Å². The van der Waals surface area contributed by atoms with E-state index in [9.17, 15) is 0 Å². The molecule has 0 fully saturated rings. The lowest BCUT2D eigenvalue weighted by atomic mass is 10.1. The molecule has 0 amide bonds. The molecule has 3 heteroatoms. The predicted octanol–water partition coefficient (Wildman–Crippen LogP) is 1.93. The van der Waals surface area contributed by atoms with Crippen molar-refractivity contribution in [2.75, 3.05) is 0 Å². The van der Waals surface area contributed by atoms with Gasteiger partial charge in [-0.15, -0.1) is 0 Å². The first-order valence-corrected chi connectivity index (χ1v) is 4.30. The molecule has 1 aromatic heterocycles. The Morgan fingerprint density at radius 1 is 1.85 bits per heavy atom. The summed E-state index contributed by atoms with van der Waals surface area (Å²) in [5.74, 6) is 0.821. The van der Waals surface area contributed by atoms with E-state index in [0.29, 0.717) is 0 Å². The Hall–Kier alpha value is -1.35. The molecule has 1 atom stereocenters. The fraction of sp³-hybridized carbons (Fsp3) is 0.300. The zero-order valence-corrected chi connectivity index (χ0v) is 7.83. The third-order valence-corrected chi connectivity index (χ3v) is 1.96. The summed E-state index contributed by atoms with van der Waals surface area (Å²) in [6.07, 6.45) is 8.09. The van der Waals surface area contributed by atoms with Gasteiger partial charge in [0.05, 0.1) is 6.04 Å². The first-order chi connectivity index (χ1) is 6.27. The average molecular weight is 177 g/mol. The second-order valence-corrected chi connectivity index (χ2v) is 2.85. The van der Waals surface area contributed by atoms with E-state index in [-0.39, 0.29) is 6.04 Å². The number of aromatic amines is 1. The van der Waals surface area contributed by atoms with Crippen LogP contribution in [0.2, 0.25) is 0 Å². The Balaban J connectivity index is 2.60. The number of nitrogens with two attached hydrogens (primary N) is 1. The van der Waals surface area contributed by atoms with Crippen LogP contribution in [0.15, 0.2) is 36.7 Å². The zero-order chi connectivity index (χ0) is 9.68. The third-order valence-electron chi connectivity index (χ3n) is 1.96. The molecule has 1 unspecified atom stereocenters. The summed E-state index contributed by atoms with van der Waals surface area (Å²) in [5.41, 5.74) is 7.05. The standard InChI is InChI=1S/C10H15N3/c1-3-8(4-2)7-9(11)10-12-5-6-13-10/h3-6,9H,1,7,11H2,2H3,(H,12,13). The van der Waals surface area contributed by atoms with Crippen LogP contribution in [0.5, 0.6) is 0 Å². The van der Waals surface area contributed by atoms with Gasteiger partial charge in [0.15, 0.2) is 0 Å². The molecule has 1 heterocycles. The molecule has 1 aromatic rings. The summed E-state index contributed by atoms with van der Waals surface area (Å²) in [6, 6.07) is -0.0702. The monoisotopic (exact) mass is 177 g/mol. The molecule has 3 N–H and O–H groups in total. The van der Waals surface area contributed by atoms with E-state index < -0.39 is 0 Å². The zero-order valence-electron chi connectivity index (χ0n) is 7.83. The number of allylic oxidation sites excluding steroid dienone is 2. The predicted molar refractivity (Wildman–Crippen MR) is 54.1 cm³/mol. The minimum absolute atomic E-state index is 0.0702. The molecular weight excluding hydrogens is 162 g/mol. The number of H-pyrrole nitrogens is 1. The molecule has 70 valence electrons. The van der Waals surface area contributed by atoms with Gasteiger partial charge in [0, 0.05) is 12.4 Å². The van der Waals surface area contributed by atoms with E-state index >= 15 is 0 Å². The van der Waals surface area contributed by atoms with Crippen molar-refractivity contribution in [3.05, 3.63) is 42.5 Å². The second kappa shape index (κ2) is 4.62. The van der Waals surface area contributed by atoms with Gasteiger partial charge in [-0.1, -0.05) is 24.3 Å². The highest BCUT2D eigenvalue weighted by Gasteiger charge is 2.08. The Bertz CT molecular complexity index is 285. The topological polar surface area (TPSA) is 54.7 Å². The van der Waals surface area contributed by atoms with Crippen LogP contribution in [0.4, 0.5) is 0 Å². The highest BCUT2D eigenvalue weighted by molar-refractivity contribution is 5.17. The number of nitrogens with zero attached hydrogens (tertiary/aromatic N) is 1. The molecule has 0 saturated carbocycles. The van der Waals surface area contributed by atoms with Gasteiger partial charge in [0.2, 0.25) is 0 Å². The summed E-state index contributed by atoms with van der Waals surface area (Å²) in [6.45, 7) is 5.69. The highest BCUT2D eigenvalue weighted by Crippen LogP contribution is 2.15. The minimum atomic E-state index is -0.0702. The molecule has 0 spiro atoms. The van der Waals surface area contributed by atoms with Crippen molar-refractivity contribution in [1.29, 1.82) is 0 Å². The number of aromatic nitrogens is 2. The van der Waals surface area contributed by atoms with Gasteiger partial charge in [-0.2, -0.15) is 0 Å². The maximum absolute atomic E-state index is 5.91. The normalized spacial score (nSPS) is 14.2. The number of hydrogen-bond donors (Lipinski definition) is 2. The molecular formula is C10H15N3. The number of nitrogens with one attached hydrogen (secondary N) is 1. The Morgan fingerprint density at radius 3 is 3.08 bits per heavy atom. The number of rotatable bonds is 4. The molecule has 0 aromatic carbocycles. The first-order valence-electron chi connectivity index (χ1n) is 4.30. The van der Waals surface area contributed by atoms with Gasteiger partial charge >= 0.3 is 0 Å². The van der Waals surface area contributed by atoms with E-state index in [2.05, 4.69) is 16.5 Å². The largest absolute Gasteiger partial charge is 0.347 e. The third kappa shape index (κ3) is 2.56. The van der Waals surface area contributed by atoms with E-state index in [4.69, 9.17) is 5.73 Å². The van der Waals surface area contributed by atoms with E-state index in [1.165, 1.54) is 0 Å².